The third-order valence-electron chi connectivity index (χ3n) is 11.1. The molecule has 8 aromatic carbocycles. The Labute approximate surface area is 451 Å². The molecule has 3 heterocycles. The van der Waals surface area contributed by atoms with Gasteiger partial charge in [-0.3, -0.25) is 0 Å². The molecular formula is C64H66N3S2Y-. The SMILES string of the molecule is CC.CC.CC.CC.Cc1ccc(N(c2ccccc2)c2ccccc2)cc1.[Y].[c-]1ccc(N(c2ccccc2)c2ccccc2)cc1.c1cc2cc3c(cc2s1)-c1[nH]c2cc4ccsc4cc2c1C3. The summed E-state index contributed by atoms with van der Waals surface area (Å²) in [5.41, 5.74) is 15.2. The molecule has 353 valence electrons. The molecule has 1 aliphatic rings. The number of thiophene rings is 2. The Hall–Kier alpha value is -6.08. The number of anilines is 6. The summed E-state index contributed by atoms with van der Waals surface area (Å²) in [4.78, 5) is 8.17. The van der Waals surface area contributed by atoms with Crippen LogP contribution >= 0.6 is 22.7 Å². The van der Waals surface area contributed by atoms with E-state index in [9.17, 15) is 0 Å². The molecule has 0 saturated carbocycles. The molecule has 3 nitrogen and oxygen atoms in total. The van der Waals surface area contributed by atoms with Crippen molar-refractivity contribution in [2.45, 2.75) is 68.7 Å². The minimum Gasteiger partial charge on any atom is -0.354 e. The van der Waals surface area contributed by atoms with Crippen LogP contribution in [-0.2, 0) is 39.1 Å². The first kappa shape index (κ1) is 54.9. The number of aryl methyl sites for hydroxylation is 1. The average molecular weight is 1030 g/mol. The zero-order valence-electron chi connectivity index (χ0n) is 42.3. The maximum Gasteiger partial charge on any atom is 0.0504 e. The van der Waals surface area contributed by atoms with Gasteiger partial charge in [0.15, 0.2) is 0 Å². The summed E-state index contributed by atoms with van der Waals surface area (Å²) in [6.45, 7) is 18.1. The number of hydrogen-bond acceptors (Lipinski definition) is 4. The van der Waals surface area contributed by atoms with Crippen molar-refractivity contribution in [2.24, 2.45) is 0 Å². The number of nitrogens with one attached hydrogen (secondary N) is 1. The molecule has 0 spiro atoms. The van der Waals surface area contributed by atoms with Crippen molar-refractivity contribution in [3.05, 3.63) is 240 Å². The smallest absolute Gasteiger partial charge is 0.0504 e. The van der Waals surface area contributed by atoms with Crippen LogP contribution in [0.2, 0.25) is 0 Å². The number of aromatic amines is 1. The fourth-order valence-electron chi connectivity index (χ4n) is 8.17. The number of rotatable bonds is 6. The first-order valence-corrected chi connectivity index (χ1v) is 26.3. The van der Waals surface area contributed by atoms with Gasteiger partial charge in [-0.15, -0.1) is 34.8 Å². The van der Waals surface area contributed by atoms with Crippen molar-refractivity contribution in [3.63, 3.8) is 0 Å². The van der Waals surface area contributed by atoms with Gasteiger partial charge in [-0.2, -0.15) is 18.2 Å². The summed E-state index contributed by atoms with van der Waals surface area (Å²) in [6.07, 6.45) is 1.05. The van der Waals surface area contributed by atoms with Crippen LogP contribution in [0.3, 0.4) is 0 Å². The third-order valence-corrected chi connectivity index (χ3v) is 12.9. The largest absolute Gasteiger partial charge is 0.354 e. The molecule has 0 bridgehead atoms. The number of hydrogen-bond donors (Lipinski definition) is 1. The van der Waals surface area contributed by atoms with Crippen LogP contribution in [0.4, 0.5) is 34.1 Å². The first-order valence-electron chi connectivity index (χ1n) is 24.5. The molecule has 0 saturated heterocycles. The summed E-state index contributed by atoms with van der Waals surface area (Å²) in [6, 6.07) is 75.1. The molecule has 12 rings (SSSR count). The summed E-state index contributed by atoms with van der Waals surface area (Å²) in [7, 11) is 0. The molecule has 1 aliphatic carbocycles. The molecule has 70 heavy (non-hydrogen) atoms. The standard InChI is InChI=1S/C19H11NS2.C19H17N.C18H14N.4C2H6.Y/c1-3-21-17-8-13-12(5-10(1)17)6-15-14-9-18-11(2-4-22-18)7-16(14)20-19(13)15;1-16-12-14-19(15-13-16)20(17-8-4-2-5-9-17)18-10-6-3-7-11-18;1-4-10-16(11-5-1)19(17-12-6-2-7-13-17)18-14-8-3-9-15-18;4*1-2;/h1-5,7-9,20H,6H2;2-15H,1H3;1-2,4-15H;4*1-2H3;/q;;-1;;;;;. The van der Waals surface area contributed by atoms with E-state index in [0.717, 1.165) is 23.5 Å². The molecule has 3 aromatic heterocycles. The Balaban J connectivity index is 0.000000182. The van der Waals surface area contributed by atoms with Crippen molar-refractivity contribution in [1.29, 1.82) is 0 Å². The van der Waals surface area contributed by atoms with E-state index in [2.05, 4.69) is 208 Å². The maximum atomic E-state index is 3.68. The molecule has 6 heteroatoms. The Bertz CT molecular complexity index is 3030. The summed E-state index contributed by atoms with van der Waals surface area (Å²) in [5.74, 6) is 0. The average Bonchev–Trinajstić information content (AvgIpc) is 4.25. The van der Waals surface area contributed by atoms with E-state index in [4.69, 9.17) is 0 Å². The van der Waals surface area contributed by atoms with E-state index in [1.165, 1.54) is 76.1 Å². The zero-order valence-corrected chi connectivity index (χ0v) is 46.8. The number of nitrogens with zero attached hydrogens (tertiary/aromatic N) is 2. The van der Waals surface area contributed by atoms with Crippen LogP contribution in [0.5, 0.6) is 0 Å². The normalized spacial score (nSPS) is 10.2. The summed E-state index contributed by atoms with van der Waals surface area (Å²) in [5, 5.41) is 8.46. The predicted molar refractivity (Wildman–Crippen MR) is 309 cm³/mol. The Morgan fingerprint density at radius 3 is 1.30 bits per heavy atom. The van der Waals surface area contributed by atoms with Gasteiger partial charge < -0.3 is 14.8 Å². The number of benzene rings is 8. The van der Waals surface area contributed by atoms with Crippen molar-refractivity contribution < 1.29 is 32.7 Å². The summed E-state index contributed by atoms with van der Waals surface area (Å²) < 4.78 is 2.76. The van der Waals surface area contributed by atoms with E-state index in [1.807, 2.05) is 114 Å². The van der Waals surface area contributed by atoms with Crippen molar-refractivity contribution in [1.82, 2.24) is 4.98 Å². The van der Waals surface area contributed by atoms with Gasteiger partial charge in [-0.1, -0.05) is 152 Å². The van der Waals surface area contributed by atoms with Crippen molar-refractivity contribution >= 4 is 87.9 Å². The fourth-order valence-corrected chi connectivity index (χ4v) is 9.79. The van der Waals surface area contributed by atoms with Gasteiger partial charge in [-0.25, -0.2) is 0 Å². The topological polar surface area (TPSA) is 22.3 Å². The van der Waals surface area contributed by atoms with E-state index in [0.29, 0.717) is 0 Å². The minimum atomic E-state index is 0. The van der Waals surface area contributed by atoms with Crippen LogP contribution in [0, 0.1) is 13.0 Å². The minimum absolute atomic E-state index is 0. The van der Waals surface area contributed by atoms with E-state index in [1.54, 1.807) is 0 Å². The molecule has 0 atom stereocenters. The van der Waals surface area contributed by atoms with Gasteiger partial charge >= 0.3 is 0 Å². The first-order chi connectivity index (χ1) is 34.2. The van der Waals surface area contributed by atoms with Crippen molar-refractivity contribution in [3.8, 4) is 11.3 Å². The molecule has 0 amide bonds. The van der Waals surface area contributed by atoms with Gasteiger partial charge in [-0.05, 0) is 137 Å². The van der Waals surface area contributed by atoms with E-state index >= 15 is 0 Å². The Morgan fingerprint density at radius 1 is 0.443 bits per heavy atom. The second-order valence-electron chi connectivity index (χ2n) is 15.1. The molecule has 1 radical (unpaired) electrons. The molecule has 11 aromatic rings. The number of H-pyrrole nitrogens is 1. The van der Waals surface area contributed by atoms with Crippen LogP contribution < -0.4 is 9.80 Å². The molecule has 0 fully saturated rings. The van der Waals surface area contributed by atoms with Crippen LogP contribution in [-0.4, -0.2) is 4.98 Å². The molecule has 0 unspecified atom stereocenters. The Morgan fingerprint density at radius 2 is 0.843 bits per heavy atom. The van der Waals surface area contributed by atoms with Crippen molar-refractivity contribution in [2.75, 3.05) is 9.80 Å². The van der Waals surface area contributed by atoms with Gasteiger partial charge in [0.2, 0.25) is 0 Å². The number of para-hydroxylation sites is 4. The second kappa shape index (κ2) is 28.6. The second-order valence-corrected chi connectivity index (χ2v) is 17.0. The van der Waals surface area contributed by atoms with Gasteiger partial charge in [0.05, 0.1) is 5.69 Å². The fraction of sp³-hybridized carbons (Fsp3) is 0.156. The third kappa shape index (κ3) is 13.2. The van der Waals surface area contributed by atoms with Gasteiger partial charge in [0, 0.05) is 93.4 Å². The maximum absolute atomic E-state index is 3.68. The quantitative estimate of drug-likeness (QED) is 0.168. The van der Waals surface area contributed by atoms with Gasteiger partial charge in [0.1, 0.15) is 0 Å². The van der Waals surface area contributed by atoms with Crippen LogP contribution in [0.1, 0.15) is 72.1 Å². The van der Waals surface area contributed by atoms with Crippen LogP contribution in [0.25, 0.3) is 42.3 Å². The molecular weight excluding hydrogens is 964 g/mol. The zero-order chi connectivity index (χ0) is 49.0. The molecule has 0 aliphatic heterocycles. The number of fused-ring (bicyclic) bond motifs is 7. The predicted octanol–water partition coefficient (Wildman–Crippen LogP) is 20.7. The Kier molecular flexibility index (Phi) is 22.4. The summed E-state index contributed by atoms with van der Waals surface area (Å²) >= 11 is 3.65. The van der Waals surface area contributed by atoms with E-state index < -0.39 is 0 Å². The van der Waals surface area contributed by atoms with Gasteiger partial charge in [0.25, 0.3) is 0 Å². The van der Waals surface area contributed by atoms with Crippen LogP contribution in [0.15, 0.2) is 217 Å². The molecule has 1 N–H and O–H groups in total. The van der Waals surface area contributed by atoms with E-state index in [-0.39, 0.29) is 32.7 Å². The number of aromatic nitrogens is 1. The monoisotopic (exact) mass is 1030 g/mol.